The smallest absolute Gasteiger partial charge is 0.182 e. The number of hydrogen-bond acceptors (Lipinski definition) is 1. The highest BCUT2D eigenvalue weighted by atomic mass is 32.1. The molecular weight excluding hydrogens is 248 g/mol. The van der Waals surface area contributed by atoms with Crippen molar-refractivity contribution in [2.45, 2.75) is 0 Å². The third-order valence-electron chi connectivity index (χ3n) is 2.60. The number of nitrogens with zero attached hydrogens (tertiary/aromatic N) is 1. The van der Waals surface area contributed by atoms with E-state index >= 15 is 0 Å². The summed E-state index contributed by atoms with van der Waals surface area (Å²) in [5.41, 5.74) is 3.26. The van der Waals surface area contributed by atoms with E-state index in [0.717, 1.165) is 21.5 Å². The van der Waals surface area contributed by atoms with E-state index in [-0.39, 0.29) is 13.5 Å². The maximum atomic E-state index is 5.34. The van der Waals surface area contributed by atoms with E-state index in [1.54, 1.807) is 0 Å². The van der Waals surface area contributed by atoms with Crippen LogP contribution in [0.25, 0.3) is 16.7 Å². The summed E-state index contributed by atoms with van der Waals surface area (Å²) in [5.74, 6) is 0. The van der Waals surface area contributed by atoms with Crippen LogP contribution < -0.4 is 0 Å². The Morgan fingerprint density at radius 3 is 2.29 bits per heavy atom. The summed E-state index contributed by atoms with van der Waals surface area (Å²) < 4.78 is 2.78. The fourth-order valence-corrected chi connectivity index (χ4v) is 2.20. The molecule has 0 fully saturated rings. The minimum atomic E-state index is 0. The van der Waals surface area contributed by atoms with Gasteiger partial charge in [-0.05, 0) is 36.5 Å². The van der Waals surface area contributed by atoms with Crippen LogP contribution in [0.4, 0.5) is 0 Å². The summed E-state index contributed by atoms with van der Waals surface area (Å²) in [6.07, 6.45) is 0. The molecule has 0 aliphatic heterocycles. The minimum absolute atomic E-state index is 0. The van der Waals surface area contributed by atoms with Gasteiger partial charge in [0.1, 0.15) is 0 Å². The van der Waals surface area contributed by atoms with Crippen LogP contribution in [0.3, 0.4) is 0 Å². The van der Waals surface area contributed by atoms with Crippen molar-refractivity contribution in [1.29, 1.82) is 0 Å². The third-order valence-corrected chi connectivity index (χ3v) is 2.89. The first kappa shape index (κ1) is 12.0. The second-order valence-corrected chi connectivity index (χ2v) is 4.00. The van der Waals surface area contributed by atoms with Gasteiger partial charge in [0.2, 0.25) is 0 Å². The molecule has 17 heavy (non-hydrogen) atoms. The van der Waals surface area contributed by atoms with E-state index in [2.05, 4.69) is 23.2 Å². The molecule has 2 nitrogen and oxygen atoms in total. The zero-order valence-corrected chi connectivity index (χ0v) is 10.6. The van der Waals surface area contributed by atoms with Crippen LogP contribution >= 0.6 is 12.2 Å². The van der Waals surface area contributed by atoms with Crippen LogP contribution in [0.15, 0.2) is 54.6 Å². The van der Waals surface area contributed by atoms with Gasteiger partial charge in [0.05, 0.1) is 11.0 Å². The number of benzene rings is 2. The van der Waals surface area contributed by atoms with Gasteiger partial charge in [-0.15, -0.1) is 0 Å². The van der Waals surface area contributed by atoms with E-state index in [1.165, 1.54) is 0 Å². The number of imidazole rings is 1. The molecule has 3 rings (SSSR count). The molecule has 0 unspecified atom stereocenters. The van der Waals surface area contributed by atoms with Crippen molar-refractivity contribution in [3.63, 3.8) is 0 Å². The van der Waals surface area contributed by atoms with Crippen molar-refractivity contribution in [2.75, 3.05) is 0 Å². The van der Waals surface area contributed by atoms with Crippen molar-refractivity contribution in [3.05, 3.63) is 59.4 Å². The summed E-state index contributed by atoms with van der Waals surface area (Å²) in [6.45, 7) is 0. The average Bonchev–Trinajstić information content (AvgIpc) is 2.66. The van der Waals surface area contributed by atoms with Crippen molar-refractivity contribution in [2.24, 2.45) is 0 Å². The standard InChI is InChI=1S/C13H10N2S.S/c16-13-14-11-8-4-5-9-12(11)15(13)10-6-2-1-3-7-10;/h1-9H,(H,14,16);/q;-2. The Morgan fingerprint density at radius 2 is 1.53 bits per heavy atom. The topological polar surface area (TPSA) is 20.7 Å². The van der Waals surface area contributed by atoms with Gasteiger partial charge >= 0.3 is 0 Å². The molecule has 4 heteroatoms. The number of hydrogen-bond donors (Lipinski definition) is 1. The summed E-state index contributed by atoms with van der Waals surface area (Å²) in [4.78, 5) is 3.20. The molecule has 0 saturated carbocycles. The first-order valence-corrected chi connectivity index (χ1v) is 5.52. The lowest BCUT2D eigenvalue weighted by molar-refractivity contribution is 1.06. The van der Waals surface area contributed by atoms with Gasteiger partial charge in [0.25, 0.3) is 0 Å². The molecule has 0 radical (unpaired) electrons. The number of rotatable bonds is 1. The Bertz CT molecular complexity index is 683. The molecule has 3 aromatic rings. The zero-order valence-electron chi connectivity index (χ0n) is 8.96. The second-order valence-electron chi connectivity index (χ2n) is 3.62. The third kappa shape index (κ3) is 2.01. The van der Waals surface area contributed by atoms with Gasteiger partial charge in [-0.3, -0.25) is 4.57 Å². The Morgan fingerprint density at radius 1 is 0.882 bits per heavy atom. The molecule has 1 heterocycles. The molecule has 86 valence electrons. The van der Waals surface area contributed by atoms with Crippen LogP contribution in [-0.4, -0.2) is 9.55 Å². The number of nitrogens with one attached hydrogen (secondary N) is 1. The number of H-pyrrole nitrogens is 1. The molecule has 0 bridgehead atoms. The second kappa shape index (κ2) is 4.77. The highest BCUT2D eigenvalue weighted by molar-refractivity contribution is 7.71. The van der Waals surface area contributed by atoms with Crippen molar-refractivity contribution in [1.82, 2.24) is 9.55 Å². The molecule has 0 aliphatic rings. The number of aromatic nitrogens is 2. The minimum Gasteiger partial charge on any atom is -2.00 e. The fourth-order valence-electron chi connectivity index (χ4n) is 1.89. The molecular formula is C13H10N2S2-2. The number of para-hydroxylation sites is 3. The Labute approximate surface area is 111 Å². The van der Waals surface area contributed by atoms with Crippen LogP contribution in [0.1, 0.15) is 0 Å². The quantitative estimate of drug-likeness (QED) is 0.660. The van der Waals surface area contributed by atoms with E-state index in [1.807, 2.05) is 41.0 Å². The molecule has 0 saturated heterocycles. The van der Waals surface area contributed by atoms with Crippen molar-refractivity contribution >= 4 is 36.7 Å². The van der Waals surface area contributed by atoms with E-state index in [4.69, 9.17) is 12.2 Å². The lowest BCUT2D eigenvalue weighted by Crippen LogP contribution is -1.92. The Balaban J connectivity index is 0.00000108. The van der Waals surface area contributed by atoms with Gasteiger partial charge in [-0.1, -0.05) is 30.3 Å². The highest BCUT2D eigenvalue weighted by Crippen LogP contribution is 2.18. The average molecular weight is 258 g/mol. The van der Waals surface area contributed by atoms with Gasteiger partial charge in [-0.2, -0.15) is 0 Å². The summed E-state index contributed by atoms with van der Waals surface area (Å²) in [7, 11) is 0. The summed E-state index contributed by atoms with van der Waals surface area (Å²) in [5, 5.41) is 0. The first-order chi connectivity index (χ1) is 7.86. The van der Waals surface area contributed by atoms with E-state index in [0.29, 0.717) is 0 Å². The van der Waals surface area contributed by atoms with Crippen LogP contribution in [0.2, 0.25) is 0 Å². The maximum Gasteiger partial charge on any atom is 0.182 e. The lowest BCUT2D eigenvalue weighted by Gasteiger charge is -2.03. The van der Waals surface area contributed by atoms with Gasteiger partial charge < -0.3 is 18.5 Å². The molecule has 0 spiro atoms. The summed E-state index contributed by atoms with van der Waals surface area (Å²) >= 11 is 5.34. The highest BCUT2D eigenvalue weighted by Gasteiger charge is 2.04. The Hall–Kier alpha value is -1.52. The van der Waals surface area contributed by atoms with Crippen molar-refractivity contribution in [3.8, 4) is 5.69 Å². The number of aromatic amines is 1. The van der Waals surface area contributed by atoms with Crippen molar-refractivity contribution < 1.29 is 0 Å². The van der Waals surface area contributed by atoms with Gasteiger partial charge in [0.15, 0.2) is 4.77 Å². The predicted molar refractivity (Wildman–Crippen MR) is 75.8 cm³/mol. The summed E-state index contributed by atoms with van der Waals surface area (Å²) in [6, 6.07) is 18.2. The SMILES string of the molecule is S=c1[nH]c2ccccc2n1-c1ccccc1.[S-2]. The molecule has 2 aromatic carbocycles. The molecule has 0 amide bonds. The Kier molecular flexibility index (Phi) is 3.36. The zero-order chi connectivity index (χ0) is 11.0. The molecule has 0 aliphatic carbocycles. The van der Waals surface area contributed by atoms with Gasteiger partial charge in [-0.25, -0.2) is 0 Å². The fraction of sp³-hybridized carbons (Fsp3) is 0. The van der Waals surface area contributed by atoms with E-state index < -0.39 is 0 Å². The van der Waals surface area contributed by atoms with Crippen LogP contribution in [0, 0.1) is 4.77 Å². The lowest BCUT2D eigenvalue weighted by atomic mass is 10.3. The van der Waals surface area contributed by atoms with E-state index in [9.17, 15) is 0 Å². The molecule has 0 atom stereocenters. The van der Waals surface area contributed by atoms with Gasteiger partial charge in [0, 0.05) is 5.69 Å². The molecule has 1 N–H and O–H groups in total. The number of fused-ring (bicyclic) bond motifs is 1. The monoisotopic (exact) mass is 258 g/mol. The first-order valence-electron chi connectivity index (χ1n) is 5.11. The molecule has 1 aromatic heterocycles. The van der Waals surface area contributed by atoms with Crippen LogP contribution in [0.5, 0.6) is 0 Å². The normalized spacial score (nSPS) is 10.1. The van der Waals surface area contributed by atoms with Crippen LogP contribution in [-0.2, 0) is 13.5 Å². The maximum absolute atomic E-state index is 5.34. The largest absolute Gasteiger partial charge is 2.00 e. The predicted octanol–water partition coefficient (Wildman–Crippen LogP) is 3.69.